The minimum Gasteiger partial charge on any atom is -0.507 e. The highest BCUT2D eigenvalue weighted by Crippen LogP contribution is 2.36. The molecule has 0 fully saturated rings. The van der Waals surface area contributed by atoms with Gasteiger partial charge in [-0.15, -0.1) is 0 Å². The van der Waals surface area contributed by atoms with Crippen LogP contribution < -0.4 is 0 Å². The van der Waals surface area contributed by atoms with E-state index in [1.807, 2.05) is 31.2 Å². The zero-order valence-corrected chi connectivity index (χ0v) is 13.5. The fourth-order valence-corrected chi connectivity index (χ4v) is 2.58. The lowest BCUT2D eigenvalue weighted by atomic mass is 9.98. The Morgan fingerprint density at radius 2 is 1.70 bits per heavy atom. The molecule has 2 rings (SSSR count). The highest BCUT2D eigenvalue weighted by Gasteiger charge is 2.19. The van der Waals surface area contributed by atoms with Gasteiger partial charge in [-0.2, -0.15) is 0 Å². The Labute approximate surface area is 136 Å². The molecule has 4 nitrogen and oxygen atoms in total. The van der Waals surface area contributed by atoms with Gasteiger partial charge in [-0.3, -0.25) is 4.79 Å². The van der Waals surface area contributed by atoms with Crippen LogP contribution in [0.4, 0.5) is 0 Å². The van der Waals surface area contributed by atoms with Gasteiger partial charge in [0.05, 0.1) is 11.7 Å². The summed E-state index contributed by atoms with van der Waals surface area (Å²) in [5, 5.41) is 19.8. The first kappa shape index (κ1) is 17.0. The molecule has 0 radical (unpaired) electrons. The molecule has 0 aliphatic carbocycles. The number of phenols is 2. The van der Waals surface area contributed by atoms with Crippen LogP contribution in [0, 0.1) is 6.92 Å². The van der Waals surface area contributed by atoms with E-state index in [9.17, 15) is 15.0 Å². The van der Waals surface area contributed by atoms with E-state index >= 15 is 0 Å². The molecule has 0 aliphatic heterocycles. The molecule has 0 heterocycles. The number of Topliss-reactive ketones (excluding diaryl/α,β-unsaturated/α-hetero) is 1. The minimum atomic E-state index is -0.443. The Bertz CT molecular complexity index is 641. The number of ether oxygens (including phenoxy) is 1. The number of methoxy groups -OCH3 is 1. The van der Waals surface area contributed by atoms with Crippen molar-refractivity contribution in [2.75, 3.05) is 7.11 Å². The zero-order chi connectivity index (χ0) is 16.8. The van der Waals surface area contributed by atoms with Crippen molar-refractivity contribution in [3.8, 4) is 11.5 Å². The molecule has 1 unspecified atom stereocenters. The number of carbonyl (C=O) groups excluding carboxylic acids is 1. The minimum absolute atomic E-state index is 0.00158. The molecular formula is C19H22O4. The zero-order valence-electron chi connectivity index (χ0n) is 13.5. The topological polar surface area (TPSA) is 66.8 Å². The predicted molar refractivity (Wildman–Crippen MR) is 88.9 cm³/mol. The van der Waals surface area contributed by atoms with Crippen LogP contribution in [-0.4, -0.2) is 23.1 Å². The SMILES string of the molecule is COC(CCCC(=O)c1ccc(C)cc1)c1c(O)cccc1O. The average Bonchev–Trinajstić information content (AvgIpc) is 2.53. The fraction of sp³-hybridized carbons (Fsp3) is 0.316. The molecule has 23 heavy (non-hydrogen) atoms. The first-order valence-electron chi connectivity index (χ1n) is 7.66. The number of phenolic OH excluding ortho intramolecular Hbond substituents is 2. The Morgan fingerprint density at radius 1 is 1.09 bits per heavy atom. The summed E-state index contributed by atoms with van der Waals surface area (Å²) in [4.78, 5) is 12.2. The van der Waals surface area contributed by atoms with Crippen molar-refractivity contribution in [1.29, 1.82) is 0 Å². The summed E-state index contributed by atoms with van der Waals surface area (Å²) in [6.45, 7) is 1.98. The maximum absolute atomic E-state index is 12.2. The molecule has 0 bridgehead atoms. The summed E-state index contributed by atoms with van der Waals surface area (Å²) in [6.07, 6.45) is 1.11. The van der Waals surface area contributed by atoms with Crippen molar-refractivity contribution in [2.24, 2.45) is 0 Å². The van der Waals surface area contributed by atoms with Gasteiger partial charge in [0.2, 0.25) is 0 Å². The van der Waals surface area contributed by atoms with Crippen molar-refractivity contribution in [3.05, 3.63) is 59.2 Å². The van der Waals surface area contributed by atoms with Crippen molar-refractivity contribution in [1.82, 2.24) is 0 Å². The van der Waals surface area contributed by atoms with Crippen LogP contribution in [-0.2, 0) is 4.74 Å². The van der Waals surface area contributed by atoms with Crippen molar-refractivity contribution < 1.29 is 19.7 Å². The average molecular weight is 314 g/mol. The van der Waals surface area contributed by atoms with Crippen molar-refractivity contribution in [3.63, 3.8) is 0 Å². The number of aromatic hydroxyl groups is 2. The lowest BCUT2D eigenvalue weighted by Gasteiger charge is -2.18. The fourth-order valence-electron chi connectivity index (χ4n) is 2.58. The van der Waals surface area contributed by atoms with Crippen LogP contribution in [0.2, 0.25) is 0 Å². The second kappa shape index (κ2) is 7.79. The summed E-state index contributed by atoms with van der Waals surface area (Å²) >= 11 is 0. The van der Waals surface area contributed by atoms with Gasteiger partial charge in [-0.05, 0) is 31.9 Å². The van der Waals surface area contributed by atoms with E-state index in [1.165, 1.54) is 19.2 Å². The molecule has 2 aromatic rings. The molecule has 4 heteroatoms. The molecule has 2 N–H and O–H groups in total. The molecule has 0 aromatic heterocycles. The number of hydrogen-bond acceptors (Lipinski definition) is 4. The van der Waals surface area contributed by atoms with Crippen LogP contribution >= 0.6 is 0 Å². The van der Waals surface area contributed by atoms with Gasteiger partial charge in [0, 0.05) is 19.1 Å². The molecular weight excluding hydrogens is 292 g/mol. The van der Waals surface area contributed by atoms with E-state index in [-0.39, 0.29) is 17.3 Å². The van der Waals surface area contributed by atoms with Gasteiger partial charge in [-0.1, -0.05) is 35.9 Å². The van der Waals surface area contributed by atoms with E-state index in [4.69, 9.17) is 4.74 Å². The number of benzene rings is 2. The predicted octanol–water partition coefficient (Wildman–Crippen LogP) is 4.15. The van der Waals surface area contributed by atoms with Gasteiger partial charge in [0.25, 0.3) is 0 Å². The largest absolute Gasteiger partial charge is 0.507 e. The highest BCUT2D eigenvalue weighted by atomic mass is 16.5. The highest BCUT2D eigenvalue weighted by molar-refractivity contribution is 5.96. The first-order chi connectivity index (χ1) is 11.0. The molecule has 0 saturated carbocycles. The molecule has 0 spiro atoms. The molecule has 1 atom stereocenters. The van der Waals surface area contributed by atoms with Crippen molar-refractivity contribution in [2.45, 2.75) is 32.3 Å². The van der Waals surface area contributed by atoms with Crippen molar-refractivity contribution >= 4 is 5.78 Å². The second-order valence-electron chi connectivity index (χ2n) is 5.62. The van der Waals surface area contributed by atoms with Crippen LogP contribution in [0.25, 0.3) is 0 Å². The van der Waals surface area contributed by atoms with Crippen LogP contribution in [0.15, 0.2) is 42.5 Å². The normalized spacial score (nSPS) is 12.1. The third kappa shape index (κ3) is 4.33. The Balaban J connectivity index is 1.96. The number of ketones is 1. The van der Waals surface area contributed by atoms with E-state index in [2.05, 4.69) is 0 Å². The Morgan fingerprint density at radius 3 is 2.26 bits per heavy atom. The lowest BCUT2D eigenvalue weighted by molar-refractivity contribution is 0.0848. The number of rotatable bonds is 7. The smallest absolute Gasteiger partial charge is 0.162 e. The van der Waals surface area contributed by atoms with Crippen LogP contribution in [0.3, 0.4) is 0 Å². The molecule has 122 valence electrons. The van der Waals surface area contributed by atoms with Gasteiger partial charge in [0.1, 0.15) is 11.5 Å². The number of carbonyl (C=O) groups is 1. The summed E-state index contributed by atoms with van der Waals surface area (Å²) < 4.78 is 5.37. The Hall–Kier alpha value is -2.33. The van der Waals surface area contributed by atoms with E-state index < -0.39 is 6.10 Å². The summed E-state index contributed by atoms with van der Waals surface area (Å²) in [7, 11) is 1.53. The van der Waals surface area contributed by atoms with E-state index in [0.29, 0.717) is 30.4 Å². The van der Waals surface area contributed by atoms with Gasteiger partial charge < -0.3 is 14.9 Å². The van der Waals surface area contributed by atoms with E-state index in [1.54, 1.807) is 6.07 Å². The Kier molecular flexibility index (Phi) is 5.77. The number of hydrogen-bond donors (Lipinski definition) is 2. The summed E-state index contributed by atoms with van der Waals surface area (Å²) in [5.74, 6) is 0.0878. The summed E-state index contributed by atoms with van der Waals surface area (Å²) in [6, 6.07) is 12.1. The van der Waals surface area contributed by atoms with Gasteiger partial charge in [0.15, 0.2) is 5.78 Å². The molecule has 2 aromatic carbocycles. The van der Waals surface area contributed by atoms with Crippen LogP contribution in [0.5, 0.6) is 11.5 Å². The maximum atomic E-state index is 12.2. The third-order valence-electron chi connectivity index (χ3n) is 3.91. The summed E-state index contributed by atoms with van der Waals surface area (Å²) in [5.41, 5.74) is 2.20. The molecule has 0 aliphatic rings. The lowest BCUT2D eigenvalue weighted by Crippen LogP contribution is -2.05. The molecule has 0 saturated heterocycles. The van der Waals surface area contributed by atoms with Gasteiger partial charge >= 0.3 is 0 Å². The first-order valence-corrected chi connectivity index (χ1v) is 7.66. The second-order valence-corrected chi connectivity index (χ2v) is 5.62. The standard InChI is InChI=1S/C19H22O4/c1-13-9-11-14(12-10-13)15(20)5-4-8-18(23-2)19-16(21)6-3-7-17(19)22/h3,6-7,9-12,18,21-22H,4-5,8H2,1-2H3. The molecule has 0 amide bonds. The maximum Gasteiger partial charge on any atom is 0.162 e. The third-order valence-corrected chi connectivity index (χ3v) is 3.91. The number of aryl methyl sites for hydroxylation is 1. The van der Waals surface area contributed by atoms with Crippen LogP contribution in [0.1, 0.15) is 46.9 Å². The quantitative estimate of drug-likeness (QED) is 0.754. The van der Waals surface area contributed by atoms with Gasteiger partial charge in [-0.25, -0.2) is 0 Å². The van der Waals surface area contributed by atoms with E-state index in [0.717, 1.165) is 5.56 Å². The monoisotopic (exact) mass is 314 g/mol.